The highest BCUT2D eigenvalue weighted by atomic mass is 16.5. The third-order valence-corrected chi connectivity index (χ3v) is 3.64. The van der Waals surface area contributed by atoms with Crippen molar-refractivity contribution in [1.29, 1.82) is 0 Å². The van der Waals surface area contributed by atoms with Crippen molar-refractivity contribution in [1.82, 2.24) is 9.97 Å². The van der Waals surface area contributed by atoms with Crippen molar-refractivity contribution in [2.75, 3.05) is 7.11 Å². The molecule has 0 saturated carbocycles. The number of ether oxygens (including phenoxy) is 1. The van der Waals surface area contributed by atoms with Crippen molar-refractivity contribution in [3.8, 4) is 0 Å². The number of esters is 1. The maximum Gasteiger partial charge on any atom is 0.337 e. The first-order valence-corrected chi connectivity index (χ1v) is 6.90. The van der Waals surface area contributed by atoms with E-state index in [0.717, 1.165) is 11.0 Å². The van der Waals surface area contributed by atoms with Gasteiger partial charge in [-0.1, -0.05) is 13.8 Å². The first-order valence-electron chi connectivity index (χ1n) is 6.90. The molecule has 0 spiro atoms. The number of aromatic nitrogens is 2. The van der Waals surface area contributed by atoms with E-state index < -0.39 is 11.4 Å². The van der Waals surface area contributed by atoms with Crippen LogP contribution in [0.15, 0.2) is 18.2 Å². The van der Waals surface area contributed by atoms with Crippen LogP contribution in [0.3, 0.4) is 0 Å². The molecular formula is C16H20N2O3. The SMILES string of the molecule is COC(=O)c1ccc2nc(C(C)(C)C(=O)C(C)C)[nH]c2c1. The topological polar surface area (TPSA) is 72.0 Å². The fourth-order valence-electron chi connectivity index (χ4n) is 2.39. The number of H-pyrrole nitrogens is 1. The van der Waals surface area contributed by atoms with E-state index in [1.165, 1.54) is 7.11 Å². The Bertz CT molecular complexity index is 699. The smallest absolute Gasteiger partial charge is 0.337 e. The molecule has 0 saturated heterocycles. The lowest BCUT2D eigenvalue weighted by Crippen LogP contribution is -2.33. The van der Waals surface area contributed by atoms with Gasteiger partial charge >= 0.3 is 5.97 Å². The molecule has 5 heteroatoms. The van der Waals surface area contributed by atoms with Gasteiger partial charge in [-0.3, -0.25) is 4.79 Å². The average Bonchev–Trinajstić information content (AvgIpc) is 2.88. The molecule has 2 rings (SSSR count). The monoisotopic (exact) mass is 288 g/mol. The number of rotatable bonds is 4. The highest BCUT2D eigenvalue weighted by Gasteiger charge is 2.34. The number of benzene rings is 1. The number of carbonyl (C=O) groups excluding carboxylic acids is 2. The van der Waals surface area contributed by atoms with Crippen molar-refractivity contribution in [2.24, 2.45) is 5.92 Å². The van der Waals surface area contributed by atoms with E-state index in [4.69, 9.17) is 4.74 Å². The first-order chi connectivity index (χ1) is 9.77. The second kappa shape index (κ2) is 5.31. The zero-order chi connectivity index (χ0) is 15.8. The number of hydrogen-bond acceptors (Lipinski definition) is 4. The molecule has 0 aliphatic rings. The maximum absolute atomic E-state index is 12.3. The van der Waals surface area contributed by atoms with Gasteiger partial charge in [0, 0.05) is 5.92 Å². The largest absolute Gasteiger partial charge is 0.465 e. The van der Waals surface area contributed by atoms with Crippen LogP contribution < -0.4 is 0 Å². The van der Waals surface area contributed by atoms with Crippen LogP contribution in [0, 0.1) is 5.92 Å². The molecule has 5 nitrogen and oxygen atoms in total. The standard InChI is InChI=1S/C16H20N2O3/c1-9(2)13(19)16(3,4)15-17-11-7-6-10(14(20)21-5)8-12(11)18-15/h6-9H,1-5H3,(H,17,18). The Balaban J connectivity index is 2.48. The van der Waals surface area contributed by atoms with Gasteiger partial charge in [-0.25, -0.2) is 9.78 Å². The summed E-state index contributed by atoms with van der Waals surface area (Å²) in [6, 6.07) is 5.10. The molecule has 1 N–H and O–H groups in total. The molecule has 0 amide bonds. The summed E-state index contributed by atoms with van der Waals surface area (Å²) in [6.45, 7) is 7.47. The van der Waals surface area contributed by atoms with E-state index in [1.54, 1.807) is 18.2 Å². The normalized spacial score (nSPS) is 11.9. The molecule has 0 fully saturated rings. The summed E-state index contributed by atoms with van der Waals surface area (Å²) in [4.78, 5) is 31.5. The van der Waals surface area contributed by atoms with Crippen molar-refractivity contribution < 1.29 is 14.3 Å². The lowest BCUT2D eigenvalue weighted by molar-refractivity contribution is -0.126. The second-order valence-corrected chi connectivity index (χ2v) is 5.95. The molecule has 2 aromatic rings. The molecule has 1 aromatic heterocycles. The first kappa shape index (κ1) is 15.2. The van der Waals surface area contributed by atoms with Gasteiger partial charge in [0.05, 0.1) is 29.1 Å². The predicted molar refractivity (Wildman–Crippen MR) is 80.3 cm³/mol. The average molecular weight is 288 g/mol. The van der Waals surface area contributed by atoms with Gasteiger partial charge in [-0.2, -0.15) is 0 Å². The molecule has 0 radical (unpaired) electrons. The number of aromatic amines is 1. The zero-order valence-corrected chi connectivity index (χ0v) is 13.0. The van der Waals surface area contributed by atoms with Gasteiger partial charge in [0.25, 0.3) is 0 Å². The van der Waals surface area contributed by atoms with Gasteiger partial charge in [-0.15, -0.1) is 0 Å². The molecular weight excluding hydrogens is 268 g/mol. The summed E-state index contributed by atoms with van der Waals surface area (Å²) in [7, 11) is 1.34. The van der Waals surface area contributed by atoms with Crippen LogP contribution in [0.4, 0.5) is 0 Å². The van der Waals surface area contributed by atoms with Crippen LogP contribution >= 0.6 is 0 Å². The number of Topliss-reactive ketones (excluding diaryl/α,β-unsaturated/α-hetero) is 1. The van der Waals surface area contributed by atoms with Crippen LogP contribution in [-0.4, -0.2) is 28.8 Å². The van der Waals surface area contributed by atoms with E-state index in [0.29, 0.717) is 11.4 Å². The molecule has 0 aliphatic carbocycles. The summed E-state index contributed by atoms with van der Waals surface area (Å²) in [6.07, 6.45) is 0. The molecule has 0 unspecified atom stereocenters. The number of hydrogen-bond donors (Lipinski definition) is 1. The minimum Gasteiger partial charge on any atom is -0.465 e. The summed E-state index contributed by atoms with van der Waals surface area (Å²) in [5, 5.41) is 0. The van der Waals surface area contributed by atoms with E-state index >= 15 is 0 Å². The van der Waals surface area contributed by atoms with Crippen molar-refractivity contribution >= 4 is 22.8 Å². The molecule has 21 heavy (non-hydrogen) atoms. The van der Waals surface area contributed by atoms with Gasteiger partial charge in [-0.05, 0) is 32.0 Å². The zero-order valence-electron chi connectivity index (χ0n) is 13.0. The van der Waals surface area contributed by atoms with Crippen LogP contribution in [-0.2, 0) is 14.9 Å². The van der Waals surface area contributed by atoms with Crippen molar-refractivity contribution in [2.45, 2.75) is 33.1 Å². The molecule has 1 heterocycles. The molecule has 0 aliphatic heterocycles. The fourth-order valence-corrected chi connectivity index (χ4v) is 2.39. The van der Waals surface area contributed by atoms with Gasteiger partial charge in [0.15, 0.2) is 0 Å². The lowest BCUT2D eigenvalue weighted by Gasteiger charge is -2.22. The molecule has 0 bridgehead atoms. The van der Waals surface area contributed by atoms with Crippen LogP contribution in [0.1, 0.15) is 43.9 Å². The van der Waals surface area contributed by atoms with Crippen LogP contribution in [0.5, 0.6) is 0 Å². The second-order valence-electron chi connectivity index (χ2n) is 5.95. The minimum absolute atomic E-state index is 0.0705. The number of fused-ring (bicyclic) bond motifs is 1. The van der Waals surface area contributed by atoms with Gasteiger partial charge in [0.1, 0.15) is 11.6 Å². The number of imidazole rings is 1. The van der Waals surface area contributed by atoms with E-state index in [1.807, 2.05) is 27.7 Å². The number of methoxy groups -OCH3 is 1. The van der Waals surface area contributed by atoms with Gasteiger partial charge < -0.3 is 9.72 Å². The quantitative estimate of drug-likeness (QED) is 0.878. The molecule has 0 atom stereocenters. The van der Waals surface area contributed by atoms with Crippen molar-refractivity contribution in [3.05, 3.63) is 29.6 Å². The maximum atomic E-state index is 12.3. The van der Waals surface area contributed by atoms with Crippen molar-refractivity contribution in [3.63, 3.8) is 0 Å². The molecule has 112 valence electrons. The summed E-state index contributed by atoms with van der Waals surface area (Å²) < 4.78 is 4.70. The van der Waals surface area contributed by atoms with E-state index in [-0.39, 0.29) is 11.7 Å². The Hall–Kier alpha value is -2.17. The predicted octanol–water partition coefficient (Wildman–Crippen LogP) is 2.85. The minimum atomic E-state index is -0.696. The number of nitrogens with one attached hydrogen (secondary N) is 1. The molecule has 1 aromatic carbocycles. The Labute approximate surface area is 123 Å². The van der Waals surface area contributed by atoms with Crippen LogP contribution in [0.25, 0.3) is 11.0 Å². The summed E-state index contributed by atoms with van der Waals surface area (Å²) in [5.74, 6) is 0.261. The number of carbonyl (C=O) groups is 2. The Morgan fingerprint density at radius 3 is 2.52 bits per heavy atom. The Kier molecular flexibility index (Phi) is 3.85. The van der Waals surface area contributed by atoms with Gasteiger partial charge in [0.2, 0.25) is 0 Å². The van der Waals surface area contributed by atoms with Crippen LogP contribution in [0.2, 0.25) is 0 Å². The Morgan fingerprint density at radius 2 is 1.95 bits per heavy atom. The third-order valence-electron chi connectivity index (χ3n) is 3.64. The Morgan fingerprint density at radius 1 is 1.29 bits per heavy atom. The third kappa shape index (κ3) is 2.68. The lowest BCUT2D eigenvalue weighted by atomic mass is 9.82. The highest BCUT2D eigenvalue weighted by molar-refractivity contribution is 5.94. The van der Waals surface area contributed by atoms with E-state index in [9.17, 15) is 9.59 Å². The van der Waals surface area contributed by atoms with E-state index in [2.05, 4.69) is 9.97 Å². The summed E-state index contributed by atoms with van der Waals surface area (Å²) in [5.41, 5.74) is 1.20. The number of nitrogens with zero attached hydrogens (tertiary/aromatic N) is 1. The highest BCUT2D eigenvalue weighted by Crippen LogP contribution is 2.27. The fraction of sp³-hybridized carbons (Fsp3) is 0.438. The number of ketones is 1. The summed E-state index contributed by atoms with van der Waals surface area (Å²) >= 11 is 0.